The van der Waals surface area contributed by atoms with Crippen LogP contribution in [-0.4, -0.2) is 31.6 Å². The third kappa shape index (κ3) is 6.65. The van der Waals surface area contributed by atoms with Crippen LogP contribution in [0.3, 0.4) is 0 Å². The number of likely N-dealkylation sites (N-methyl/N-ethyl adjacent to an activating group) is 1. The zero-order chi connectivity index (χ0) is 8.53. The highest BCUT2D eigenvalue weighted by Crippen LogP contribution is 1.85. The van der Waals surface area contributed by atoms with E-state index in [0.717, 1.165) is 6.54 Å². The molecule has 0 radical (unpaired) electrons. The predicted molar refractivity (Wildman–Crippen MR) is 41.7 cm³/mol. The minimum absolute atomic E-state index is 0.471. The Balaban J connectivity index is 3.30. The summed E-state index contributed by atoms with van der Waals surface area (Å²) in [6.45, 7) is 1.92. The molecule has 0 aliphatic carbocycles. The van der Waals surface area contributed by atoms with Gasteiger partial charge in [0.1, 0.15) is 0 Å². The van der Waals surface area contributed by atoms with Crippen molar-refractivity contribution in [2.24, 2.45) is 5.11 Å². The van der Waals surface area contributed by atoms with Crippen LogP contribution in [0, 0.1) is 11.3 Å². The van der Waals surface area contributed by atoms with Gasteiger partial charge in [0, 0.05) is 31.0 Å². The zero-order valence-corrected chi connectivity index (χ0v) is 6.56. The van der Waals surface area contributed by atoms with Crippen molar-refractivity contribution in [2.45, 2.75) is 6.42 Å². The number of nitriles is 1. The first kappa shape index (κ1) is 9.76. The fourth-order valence-corrected chi connectivity index (χ4v) is 0.613. The molecule has 0 atom stereocenters. The molecule has 0 aromatic heterocycles. The number of hydrogen-bond donors (Lipinski definition) is 0. The second kappa shape index (κ2) is 6.87. The Labute approximate surface area is 65.9 Å². The van der Waals surface area contributed by atoms with Crippen molar-refractivity contribution in [1.82, 2.24) is 4.90 Å². The maximum atomic E-state index is 8.23. The highest BCUT2D eigenvalue weighted by Gasteiger charge is 1.94. The van der Waals surface area contributed by atoms with E-state index in [-0.39, 0.29) is 0 Å². The summed E-state index contributed by atoms with van der Waals surface area (Å²) in [5, 5.41) is 11.6. The summed E-state index contributed by atoms with van der Waals surface area (Å²) in [6, 6.07) is 2.04. The van der Waals surface area contributed by atoms with E-state index >= 15 is 0 Å². The minimum atomic E-state index is 0.471. The Kier molecular flexibility index (Phi) is 6.10. The van der Waals surface area contributed by atoms with Gasteiger partial charge in [0.05, 0.1) is 6.07 Å². The van der Waals surface area contributed by atoms with Crippen LogP contribution in [0.2, 0.25) is 0 Å². The molecule has 0 fully saturated rings. The molecule has 0 aromatic rings. The number of hydrogen-bond acceptors (Lipinski definition) is 3. The van der Waals surface area contributed by atoms with Gasteiger partial charge in [0.2, 0.25) is 0 Å². The highest BCUT2D eigenvalue weighted by molar-refractivity contribution is 4.71. The Hall–Kier alpha value is -1.24. The first-order chi connectivity index (χ1) is 5.31. The van der Waals surface area contributed by atoms with Crippen molar-refractivity contribution in [1.29, 1.82) is 5.26 Å². The molecule has 0 aliphatic heterocycles. The standard InChI is InChI=1S/C6H11N5/c1-11(5-2-3-7)6-4-9-10-8/h2,4-6H2,1H3. The van der Waals surface area contributed by atoms with Crippen LogP contribution in [0.15, 0.2) is 5.11 Å². The molecule has 0 saturated carbocycles. The van der Waals surface area contributed by atoms with Gasteiger partial charge in [-0.2, -0.15) is 5.26 Å². The first-order valence-corrected chi connectivity index (χ1v) is 3.37. The summed E-state index contributed by atoms with van der Waals surface area (Å²) < 4.78 is 0. The molecule has 0 heterocycles. The molecule has 0 spiro atoms. The van der Waals surface area contributed by atoms with E-state index in [2.05, 4.69) is 10.0 Å². The third-order valence-electron chi connectivity index (χ3n) is 1.25. The van der Waals surface area contributed by atoms with Gasteiger partial charge in [0.15, 0.2) is 0 Å². The van der Waals surface area contributed by atoms with Crippen LogP contribution in [0.25, 0.3) is 10.4 Å². The third-order valence-corrected chi connectivity index (χ3v) is 1.25. The van der Waals surface area contributed by atoms with Gasteiger partial charge in [-0.15, -0.1) is 0 Å². The molecule has 0 rings (SSSR count). The van der Waals surface area contributed by atoms with Crippen LogP contribution >= 0.6 is 0 Å². The fraction of sp³-hybridized carbons (Fsp3) is 0.833. The summed E-state index contributed by atoms with van der Waals surface area (Å²) in [6.07, 6.45) is 0.521. The average molecular weight is 153 g/mol. The smallest absolute Gasteiger partial charge is 0.0635 e. The lowest BCUT2D eigenvalue weighted by atomic mass is 10.4. The fourth-order valence-electron chi connectivity index (χ4n) is 0.613. The Morgan fingerprint density at radius 3 is 2.91 bits per heavy atom. The summed E-state index contributed by atoms with van der Waals surface area (Å²) in [4.78, 5) is 4.58. The van der Waals surface area contributed by atoms with Gasteiger partial charge in [0.25, 0.3) is 0 Å². The van der Waals surface area contributed by atoms with Crippen LogP contribution < -0.4 is 0 Å². The lowest BCUT2D eigenvalue weighted by Crippen LogP contribution is -2.22. The van der Waals surface area contributed by atoms with E-state index in [1.165, 1.54) is 0 Å². The second-order valence-corrected chi connectivity index (χ2v) is 2.17. The molecule has 0 N–H and O–H groups in total. The first-order valence-electron chi connectivity index (χ1n) is 3.37. The molecule has 5 nitrogen and oxygen atoms in total. The Morgan fingerprint density at radius 2 is 2.36 bits per heavy atom. The zero-order valence-electron chi connectivity index (χ0n) is 6.56. The largest absolute Gasteiger partial charge is 0.305 e. The van der Waals surface area contributed by atoms with E-state index in [0.29, 0.717) is 19.5 Å². The second-order valence-electron chi connectivity index (χ2n) is 2.17. The van der Waals surface area contributed by atoms with Gasteiger partial charge < -0.3 is 4.90 Å². The van der Waals surface area contributed by atoms with Crippen molar-refractivity contribution in [3.05, 3.63) is 10.4 Å². The van der Waals surface area contributed by atoms with Crippen molar-refractivity contribution in [3.8, 4) is 6.07 Å². The van der Waals surface area contributed by atoms with Crippen LogP contribution in [-0.2, 0) is 0 Å². The molecular formula is C6H11N5. The van der Waals surface area contributed by atoms with E-state index in [9.17, 15) is 0 Å². The lowest BCUT2D eigenvalue weighted by Gasteiger charge is -2.11. The summed E-state index contributed by atoms with van der Waals surface area (Å²) in [5.74, 6) is 0. The minimum Gasteiger partial charge on any atom is -0.305 e. The molecule has 5 heteroatoms. The van der Waals surface area contributed by atoms with Gasteiger partial charge in [-0.1, -0.05) is 5.11 Å². The van der Waals surface area contributed by atoms with E-state index in [1.807, 2.05) is 18.0 Å². The van der Waals surface area contributed by atoms with Crippen LogP contribution in [0.1, 0.15) is 6.42 Å². The van der Waals surface area contributed by atoms with Gasteiger partial charge in [-0.25, -0.2) is 0 Å². The molecule has 0 unspecified atom stereocenters. The molecule has 0 bridgehead atoms. The molecule has 11 heavy (non-hydrogen) atoms. The predicted octanol–water partition coefficient (Wildman–Crippen LogP) is 1.14. The molecule has 0 saturated heterocycles. The lowest BCUT2D eigenvalue weighted by molar-refractivity contribution is 0.352. The van der Waals surface area contributed by atoms with Crippen LogP contribution in [0.4, 0.5) is 0 Å². The summed E-state index contributed by atoms with van der Waals surface area (Å²) >= 11 is 0. The highest BCUT2D eigenvalue weighted by atomic mass is 15.2. The number of rotatable bonds is 5. The monoisotopic (exact) mass is 153 g/mol. The molecule has 0 aliphatic rings. The van der Waals surface area contributed by atoms with Gasteiger partial charge in [-0.05, 0) is 12.6 Å². The molecule has 60 valence electrons. The molecule has 0 aromatic carbocycles. The summed E-state index contributed by atoms with van der Waals surface area (Å²) in [7, 11) is 1.89. The van der Waals surface area contributed by atoms with Crippen molar-refractivity contribution < 1.29 is 0 Å². The van der Waals surface area contributed by atoms with Crippen molar-refractivity contribution in [2.75, 3.05) is 26.7 Å². The van der Waals surface area contributed by atoms with Gasteiger partial charge in [-0.3, -0.25) is 0 Å². The Bertz CT molecular complexity index is 176. The van der Waals surface area contributed by atoms with Crippen molar-refractivity contribution in [3.63, 3.8) is 0 Å². The SMILES string of the molecule is CN(CCC#N)CCN=[N+]=[N-]. The average Bonchev–Trinajstić information content (AvgIpc) is 2.01. The molecular weight excluding hydrogens is 142 g/mol. The van der Waals surface area contributed by atoms with Crippen molar-refractivity contribution >= 4 is 0 Å². The quantitative estimate of drug-likeness (QED) is 0.337. The van der Waals surface area contributed by atoms with E-state index in [4.69, 9.17) is 10.8 Å². The maximum absolute atomic E-state index is 8.23. The number of nitrogens with zero attached hydrogens (tertiary/aromatic N) is 5. The number of azide groups is 1. The summed E-state index contributed by atoms with van der Waals surface area (Å²) in [5.41, 5.74) is 7.94. The van der Waals surface area contributed by atoms with E-state index in [1.54, 1.807) is 0 Å². The molecule has 0 amide bonds. The topological polar surface area (TPSA) is 75.8 Å². The normalized spacial score (nSPS) is 8.82. The van der Waals surface area contributed by atoms with Gasteiger partial charge >= 0.3 is 0 Å². The Morgan fingerprint density at radius 1 is 1.64 bits per heavy atom. The maximum Gasteiger partial charge on any atom is 0.0635 e. The van der Waals surface area contributed by atoms with Crippen LogP contribution in [0.5, 0.6) is 0 Å². The van der Waals surface area contributed by atoms with E-state index < -0.39 is 0 Å².